The first kappa shape index (κ1) is 13.5. The zero-order chi connectivity index (χ0) is 13.5. The normalized spacial score (nSPS) is 10.3. The number of non-ortho nitro benzene ring substituents is 1. The third kappa shape index (κ3) is 4.35. The molecule has 2 N–H and O–H groups in total. The highest BCUT2D eigenvalue weighted by Crippen LogP contribution is 2.14. The summed E-state index contributed by atoms with van der Waals surface area (Å²) in [5.74, 6) is 0. The standard InChI is InChI=1S/C13H15N3O2S/c17-16(18)12-5-3-11(4-6-12)15-8-7-14-10-13-2-1-9-19-13/h1-6,9,14-15H,7-8,10H2. The zero-order valence-corrected chi connectivity index (χ0v) is 11.2. The van der Waals surface area contributed by atoms with Gasteiger partial charge in [0.05, 0.1) is 4.92 Å². The van der Waals surface area contributed by atoms with E-state index in [1.165, 1.54) is 17.0 Å². The number of hydrogen-bond acceptors (Lipinski definition) is 5. The number of benzene rings is 1. The molecule has 0 spiro atoms. The molecule has 0 fully saturated rings. The molecule has 0 bridgehead atoms. The van der Waals surface area contributed by atoms with Crippen LogP contribution in [0.5, 0.6) is 0 Å². The highest BCUT2D eigenvalue weighted by Gasteiger charge is 2.03. The molecule has 0 aliphatic carbocycles. The fourth-order valence-electron chi connectivity index (χ4n) is 1.62. The summed E-state index contributed by atoms with van der Waals surface area (Å²) in [6.45, 7) is 2.50. The van der Waals surface area contributed by atoms with E-state index in [1.807, 2.05) is 6.07 Å². The molecule has 0 unspecified atom stereocenters. The third-order valence-electron chi connectivity index (χ3n) is 2.59. The minimum absolute atomic E-state index is 0.112. The van der Waals surface area contributed by atoms with E-state index in [0.717, 1.165) is 25.3 Å². The molecular weight excluding hydrogens is 262 g/mol. The minimum Gasteiger partial charge on any atom is -0.384 e. The van der Waals surface area contributed by atoms with Crippen molar-refractivity contribution in [1.82, 2.24) is 5.32 Å². The molecule has 1 aromatic carbocycles. The average molecular weight is 277 g/mol. The molecule has 0 radical (unpaired) electrons. The molecule has 0 aliphatic heterocycles. The Hall–Kier alpha value is -1.92. The van der Waals surface area contributed by atoms with E-state index in [9.17, 15) is 10.1 Å². The summed E-state index contributed by atoms with van der Waals surface area (Å²) in [5.41, 5.74) is 1.00. The van der Waals surface area contributed by atoms with Crippen molar-refractivity contribution >= 4 is 22.7 Å². The van der Waals surface area contributed by atoms with Crippen LogP contribution in [0.25, 0.3) is 0 Å². The van der Waals surface area contributed by atoms with Crippen LogP contribution < -0.4 is 10.6 Å². The Bertz CT molecular complexity index is 511. The molecule has 2 aromatic rings. The summed E-state index contributed by atoms with van der Waals surface area (Å²) >= 11 is 1.73. The smallest absolute Gasteiger partial charge is 0.269 e. The molecule has 0 saturated carbocycles. The van der Waals surface area contributed by atoms with E-state index in [0.29, 0.717) is 0 Å². The summed E-state index contributed by atoms with van der Waals surface area (Å²) in [4.78, 5) is 11.4. The summed E-state index contributed by atoms with van der Waals surface area (Å²) in [6, 6.07) is 10.6. The first-order chi connectivity index (χ1) is 9.25. The first-order valence-corrected chi connectivity index (χ1v) is 6.85. The lowest BCUT2D eigenvalue weighted by Gasteiger charge is -2.06. The summed E-state index contributed by atoms with van der Waals surface area (Å²) in [5, 5.41) is 19.1. The maximum atomic E-state index is 10.5. The van der Waals surface area contributed by atoms with Gasteiger partial charge in [0.1, 0.15) is 0 Å². The third-order valence-corrected chi connectivity index (χ3v) is 3.46. The quantitative estimate of drug-likeness (QED) is 0.464. The van der Waals surface area contributed by atoms with Gasteiger partial charge in [-0.1, -0.05) is 6.07 Å². The Morgan fingerprint density at radius 3 is 2.58 bits per heavy atom. The fraction of sp³-hybridized carbons (Fsp3) is 0.231. The number of nitrogens with one attached hydrogen (secondary N) is 2. The van der Waals surface area contributed by atoms with Gasteiger partial charge in [0.2, 0.25) is 0 Å². The predicted octanol–water partition coefficient (Wildman–Crippen LogP) is 2.86. The molecule has 100 valence electrons. The lowest BCUT2D eigenvalue weighted by molar-refractivity contribution is -0.384. The number of rotatable bonds is 7. The van der Waals surface area contributed by atoms with Crippen LogP contribution in [0.3, 0.4) is 0 Å². The molecular formula is C13H15N3O2S. The Balaban J connectivity index is 1.66. The Labute approximate surface area is 115 Å². The number of anilines is 1. The second-order valence-electron chi connectivity index (χ2n) is 3.99. The number of nitro groups is 1. The van der Waals surface area contributed by atoms with Gasteiger partial charge in [-0.3, -0.25) is 10.1 Å². The van der Waals surface area contributed by atoms with Crippen molar-refractivity contribution in [2.24, 2.45) is 0 Å². The van der Waals surface area contributed by atoms with Gasteiger partial charge >= 0.3 is 0 Å². The molecule has 1 heterocycles. The van der Waals surface area contributed by atoms with E-state index in [1.54, 1.807) is 23.5 Å². The van der Waals surface area contributed by atoms with Gasteiger partial charge < -0.3 is 10.6 Å². The highest BCUT2D eigenvalue weighted by atomic mass is 32.1. The topological polar surface area (TPSA) is 67.2 Å². The molecule has 0 amide bonds. The molecule has 5 nitrogen and oxygen atoms in total. The van der Waals surface area contributed by atoms with Crippen molar-refractivity contribution < 1.29 is 4.92 Å². The van der Waals surface area contributed by atoms with Crippen molar-refractivity contribution in [2.45, 2.75) is 6.54 Å². The van der Waals surface area contributed by atoms with Gasteiger partial charge in [-0.15, -0.1) is 11.3 Å². The Kier molecular flexibility index (Phi) is 4.88. The second kappa shape index (κ2) is 6.86. The number of nitrogens with zero attached hydrogens (tertiary/aromatic N) is 1. The van der Waals surface area contributed by atoms with Crippen LogP contribution in [0.2, 0.25) is 0 Å². The lowest BCUT2D eigenvalue weighted by Crippen LogP contribution is -2.21. The molecule has 0 saturated heterocycles. The van der Waals surface area contributed by atoms with Crippen LogP contribution >= 0.6 is 11.3 Å². The molecule has 1 aromatic heterocycles. The van der Waals surface area contributed by atoms with Crippen molar-refractivity contribution in [3.8, 4) is 0 Å². The van der Waals surface area contributed by atoms with Crippen LogP contribution in [0.1, 0.15) is 4.88 Å². The van der Waals surface area contributed by atoms with Crippen LogP contribution in [-0.2, 0) is 6.54 Å². The van der Waals surface area contributed by atoms with Crippen molar-refractivity contribution in [2.75, 3.05) is 18.4 Å². The van der Waals surface area contributed by atoms with Crippen LogP contribution in [-0.4, -0.2) is 18.0 Å². The van der Waals surface area contributed by atoms with Gasteiger partial charge in [-0.25, -0.2) is 0 Å². The largest absolute Gasteiger partial charge is 0.384 e. The van der Waals surface area contributed by atoms with Gasteiger partial charge in [0.15, 0.2) is 0 Å². The molecule has 0 atom stereocenters. The number of hydrogen-bond donors (Lipinski definition) is 2. The zero-order valence-electron chi connectivity index (χ0n) is 10.3. The van der Waals surface area contributed by atoms with E-state index in [2.05, 4.69) is 22.1 Å². The van der Waals surface area contributed by atoms with E-state index in [4.69, 9.17) is 0 Å². The first-order valence-electron chi connectivity index (χ1n) is 5.97. The maximum Gasteiger partial charge on any atom is 0.269 e. The molecule has 2 rings (SSSR count). The SMILES string of the molecule is O=[N+]([O-])c1ccc(NCCNCc2cccs2)cc1. The number of thiophene rings is 1. The van der Waals surface area contributed by atoms with Gasteiger partial charge in [0.25, 0.3) is 5.69 Å². The summed E-state index contributed by atoms with van der Waals surface area (Å²) in [7, 11) is 0. The average Bonchev–Trinajstić information content (AvgIpc) is 2.92. The molecule has 19 heavy (non-hydrogen) atoms. The second-order valence-corrected chi connectivity index (χ2v) is 5.02. The van der Waals surface area contributed by atoms with Gasteiger partial charge in [-0.05, 0) is 23.6 Å². The highest BCUT2D eigenvalue weighted by molar-refractivity contribution is 7.09. The van der Waals surface area contributed by atoms with Gasteiger partial charge in [0, 0.05) is 42.3 Å². The monoisotopic (exact) mass is 277 g/mol. The maximum absolute atomic E-state index is 10.5. The molecule has 0 aliphatic rings. The van der Waals surface area contributed by atoms with Crippen LogP contribution in [0.15, 0.2) is 41.8 Å². The van der Waals surface area contributed by atoms with Crippen molar-refractivity contribution in [1.29, 1.82) is 0 Å². The predicted molar refractivity (Wildman–Crippen MR) is 77.6 cm³/mol. The van der Waals surface area contributed by atoms with Gasteiger partial charge in [-0.2, -0.15) is 0 Å². The fourth-order valence-corrected chi connectivity index (χ4v) is 2.30. The van der Waals surface area contributed by atoms with E-state index >= 15 is 0 Å². The summed E-state index contributed by atoms with van der Waals surface area (Å²) in [6.07, 6.45) is 0. The van der Waals surface area contributed by atoms with E-state index < -0.39 is 4.92 Å². The van der Waals surface area contributed by atoms with Crippen molar-refractivity contribution in [3.63, 3.8) is 0 Å². The Morgan fingerprint density at radius 1 is 1.16 bits per heavy atom. The lowest BCUT2D eigenvalue weighted by atomic mass is 10.3. The van der Waals surface area contributed by atoms with Crippen molar-refractivity contribution in [3.05, 3.63) is 56.8 Å². The van der Waals surface area contributed by atoms with E-state index in [-0.39, 0.29) is 5.69 Å². The van der Waals surface area contributed by atoms with Crippen LogP contribution in [0, 0.1) is 10.1 Å². The minimum atomic E-state index is -0.396. The van der Waals surface area contributed by atoms with Crippen LogP contribution in [0.4, 0.5) is 11.4 Å². The summed E-state index contributed by atoms with van der Waals surface area (Å²) < 4.78 is 0. The Morgan fingerprint density at radius 2 is 1.95 bits per heavy atom. The number of nitro benzene ring substituents is 1. The molecule has 6 heteroatoms.